The minimum absolute atomic E-state index is 0.216. The van der Waals surface area contributed by atoms with Gasteiger partial charge in [0.05, 0.1) is 26.7 Å². The second-order valence-electron chi connectivity index (χ2n) is 6.88. The Morgan fingerprint density at radius 1 is 1.19 bits per heavy atom. The van der Waals surface area contributed by atoms with Gasteiger partial charge >= 0.3 is 0 Å². The van der Waals surface area contributed by atoms with Crippen LogP contribution in [0.2, 0.25) is 10.0 Å². The molecule has 0 aliphatic rings. The van der Waals surface area contributed by atoms with Crippen molar-refractivity contribution in [3.05, 3.63) is 86.0 Å². The van der Waals surface area contributed by atoms with Crippen LogP contribution in [0.1, 0.15) is 16.8 Å². The first-order valence-electron chi connectivity index (χ1n) is 9.21. The van der Waals surface area contributed by atoms with Gasteiger partial charge in [0.2, 0.25) is 5.91 Å². The fraction of sp³-hybridized carbons (Fsp3) is 0.0909. The number of nitrogens with one attached hydrogen (secondary N) is 1. The minimum Gasteiger partial charge on any atom is -0.463 e. The van der Waals surface area contributed by atoms with E-state index in [4.69, 9.17) is 27.6 Å². The van der Waals surface area contributed by atoms with Crippen molar-refractivity contribution in [1.82, 2.24) is 14.8 Å². The van der Waals surface area contributed by atoms with Gasteiger partial charge in [0, 0.05) is 18.3 Å². The molecule has 1 N–H and O–H groups in total. The Morgan fingerprint density at radius 3 is 2.77 bits per heavy atom. The lowest BCUT2D eigenvalue weighted by Crippen LogP contribution is -2.13. The Bertz CT molecular complexity index is 1410. The van der Waals surface area contributed by atoms with Gasteiger partial charge in [-0.1, -0.05) is 34.8 Å². The molecule has 0 atom stereocenters. The van der Waals surface area contributed by atoms with Crippen molar-refractivity contribution in [3.63, 3.8) is 0 Å². The summed E-state index contributed by atoms with van der Waals surface area (Å²) in [5.41, 5.74) is 2.13. The van der Waals surface area contributed by atoms with Crippen molar-refractivity contribution < 1.29 is 9.21 Å². The topological polar surface area (TPSA) is 90.0 Å². The number of amides is 1. The normalized spacial score (nSPS) is 11.4. The number of pyridine rings is 1. The summed E-state index contributed by atoms with van der Waals surface area (Å²) in [7, 11) is 0. The third-order valence-corrected chi connectivity index (χ3v) is 4.93. The van der Waals surface area contributed by atoms with Crippen LogP contribution >= 0.6 is 23.2 Å². The number of hydrogen-bond donors (Lipinski definition) is 1. The van der Waals surface area contributed by atoms with Crippen LogP contribution in [0.3, 0.4) is 0 Å². The van der Waals surface area contributed by atoms with Crippen LogP contribution in [-0.2, 0) is 4.79 Å². The molecule has 0 unspecified atom stereocenters. The summed E-state index contributed by atoms with van der Waals surface area (Å²) in [6.07, 6.45) is 5.42. The van der Waals surface area contributed by atoms with Crippen molar-refractivity contribution >= 4 is 52.0 Å². The first-order valence-corrected chi connectivity index (χ1v) is 9.97. The number of halogens is 2. The first kappa shape index (κ1) is 20.8. The summed E-state index contributed by atoms with van der Waals surface area (Å²) in [5, 5.41) is 8.17. The summed E-state index contributed by atoms with van der Waals surface area (Å²) in [6.45, 7) is 3.66. The SMILES string of the molecule is Cc1ccc2occ(/C=C/C(=O)Nc3cc(C)nn3-c3ncc(Cl)cc3Cl)c(=O)c2c1. The van der Waals surface area contributed by atoms with Crippen LogP contribution in [0, 0.1) is 13.8 Å². The number of hydrogen-bond acceptors (Lipinski definition) is 5. The van der Waals surface area contributed by atoms with E-state index in [9.17, 15) is 9.59 Å². The van der Waals surface area contributed by atoms with E-state index < -0.39 is 5.91 Å². The number of benzene rings is 1. The summed E-state index contributed by atoms with van der Waals surface area (Å²) in [6, 6.07) is 8.57. The Hall–Kier alpha value is -3.42. The summed E-state index contributed by atoms with van der Waals surface area (Å²) in [4.78, 5) is 29.4. The van der Waals surface area contributed by atoms with Crippen LogP contribution in [0.25, 0.3) is 22.9 Å². The smallest absolute Gasteiger partial charge is 0.249 e. The highest BCUT2D eigenvalue weighted by atomic mass is 35.5. The zero-order valence-electron chi connectivity index (χ0n) is 16.5. The highest BCUT2D eigenvalue weighted by Crippen LogP contribution is 2.25. The lowest BCUT2D eigenvalue weighted by Gasteiger charge is -2.08. The van der Waals surface area contributed by atoms with E-state index in [1.807, 2.05) is 13.0 Å². The number of carbonyl (C=O) groups is 1. The predicted molar refractivity (Wildman–Crippen MR) is 121 cm³/mol. The van der Waals surface area contributed by atoms with Gasteiger partial charge in [0.25, 0.3) is 0 Å². The third-order valence-electron chi connectivity index (χ3n) is 4.44. The second-order valence-corrected chi connectivity index (χ2v) is 7.73. The van der Waals surface area contributed by atoms with Crippen LogP contribution in [0.5, 0.6) is 0 Å². The molecular weight excluding hydrogens is 439 g/mol. The quantitative estimate of drug-likeness (QED) is 0.440. The molecule has 0 saturated heterocycles. The zero-order valence-corrected chi connectivity index (χ0v) is 18.0. The van der Waals surface area contributed by atoms with Crippen LogP contribution in [0.15, 0.2) is 58.1 Å². The molecule has 156 valence electrons. The first-order chi connectivity index (χ1) is 14.8. The maximum Gasteiger partial charge on any atom is 0.249 e. The summed E-state index contributed by atoms with van der Waals surface area (Å²) < 4.78 is 6.91. The molecule has 31 heavy (non-hydrogen) atoms. The molecule has 9 heteroatoms. The molecule has 4 aromatic rings. The summed E-state index contributed by atoms with van der Waals surface area (Å²) in [5.74, 6) is 0.226. The molecule has 0 saturated carbocycles. The van der Waals surface area contributed by atoms with Crippen LogP contribution in [-0.4, -0.2) is 20.7 Å². The van der Waals surface area contributed by atoms with E-state index >= 15 is 0 Å². The highest BCUT2D eigenvalue weighted by molar-refractivity contribution is 6.35. The zero-order chi connectivity index (χ0) is 22.1. The largest absolute Gasteiger partial charge is 0.463 e. The van der Waals surface area contributed by atoms with Gasteiger partial charge < -0.3 is 9.73 Å². The lowest BCUT2D eigenvalue weighted by molar-refractivity contribution is -0.111. The van der Waals surface area contributed by atoms with Gasteiger partial charge in [0.1, 0.15) is 17.7 Å². The second kappa shape index (κ2) is 8.37. The number of carbonyl (C=O) groups excluding carboxylic acids is 1. The Morgan fingerprint density at radius 2 is 2.00 bits per heavy atom. The average Bonchev–Trinajstić information content (AvgIpc) is 3.07. The molecule has 4 rings (SSSR count). The summed E-state index contributed by atoms with van der Waals surface area (Å²) >= 11 is 12.1. The Balaban J connectivity index is 1.60. The standard InChI is InChI=1S/C22H16Cl2N4O3/c1-12-3-5-18-16(7-12)21(30)14(11-31-18)4-6-20(29)26-19-8-13(2)27-28(19)22-17(24)9-15(23)10-25-22/h3-11H,1-2H3,(H,26,29)/b6-4+. The maximum atomic E-state index is 12.7. The van der Waals surface area contributed by atoms with E-state index in [0.717, 1.165) is 5.56 Å². The van der Waals surface area contributed by atoms with Gasteiger partial charge in [-0.2, -0.15) is 9.78 Å². The van der Waals surface area contributed by atoms with E-state index in [0.29, 0.717) is 33.3 Å². The van der Waals surface area contributed by atoms with Gasteiger partial charge in [-0.25, -0.2) is 4.98 Å². The van der Waals surface area contributed by atoms with Crippen molar-refractivity contribution in [2.24, 2.45) is 0 Å². The number of aromatic nitrogens is 3. The van der Waals surface area contributed by atoms with E-state index in [1.54, 1.807) is 25.1 Å². The maximum absolute atomic E-state index is 12.7. The van der Waals surface area contributed by atoms with Crippen molar-refractivity contribution in [2.45, 2.75) is 13.8 Å². The molecule has 0 aliphatic carbocycles. The monoisotopic (exact) mass is 454 g/mol. The Labute approximate surface area is 186 Å². The molecule has 3 aromatic heterocycles. The van der Waals surface area contributed by atoms with Crippen LogP contribution < -0.4 is 10.7 Å². The number of anilines is 1. The van der Waals surface area contributed by atoms with Crippen molar-refractivity contribution in [1.29, 1.82) is 0 Å². The number of aryl methyl sites for hydroxylation is 2. The molecule has 3 heterocycles. The molecule has 0 radical (unpaired) electrons. The molecule has 1 amide bonds. The van der Waals surface area contributed by atoms with Crippen molar-refractivity contribution in [3.8, 4) is 5.82 Å². The molecular formula is C22H16Cl2N4O3. The molecule has 0 spiro atoms. The van der Waals surface area contributed by atoms with Gasteiger partial charge in [-0.05, 0) is 38.1 Å². The van der Waals surface area contributed by atoms with E-state index in [2.05, 4.69) is 15.4 Å². The van der Waals surface area contributed by atoms with E-state index in [1.165, 1.54) is 35.4 Å². The third kappa shape index (κ3) is 4.38. The molecule has 0 fully saturated rings. The number of fused-ring (bicyclic) bond motifs is 1. The van der Waals surface area contributed by atoms with Gasteiger partial charge in [-0.3, -0.25) is 9.59 Å². The number of rotatable bonds is 4. The molecule has 0 aliphatic heterocycles. The predicted octanol–water partition coefficient (Wildman–Crippen LogP) is 4.95. The van der Waals surface area contributed by atoms with Crippen LogP contribution in [0.4, 0.5) is 5.82 Å². The highest BCUT2D eigenvalue weighted by Gasteiger charge is 2.14. The fourth-order valence-electron chi connectivity index (χ4n) is 3.02. The van der Waals surface area contributed by atoms with Crippen molar-refractivity contribution in [2.75, 3.05) is 5.32 Å². The lowest BCUT2D eigenvalue weighted by atomic mass is 10.1. The minimum atomic E-state index is -0.463. The van der Waals surface area contributed by atoms with Gasteiger partial charge in [-0.15, -0.1) is 0 Å². The van der Waals surface area contributed by atoms with E-state index in [-0.39, 0.29) is 16.0 Å². The number of nitrogens with zero attached hydrogens (tertiary/aromatic N) is 3. The molecule has 0 bridgehead atoms. The molecule has 7 nitrogen and oxygen atoms in total. The fourth-order valence-corrected chi connectivity index (χ4v) is 3.48. The Kier molecular flexibility index (Phi) is 5.63. The molecule has 1 aromatic carbocycles. The average molecular weight is 455 g/mol. The van der Waals surface area contributed by atoms with Gasteiger partial charge in [0.15, 0.2) is 11.2 Å².